The second kappa shape index (κ2) is 8.32. The Balaban J connectivity index is 0. The maximum Gasteiger partial charge on any atom is 0.0222 e. The van der Waals surface area contributed by atoms with Crippen LogP contribution in [-0.2, 0) is 6.42 Å². The zero-order chi connectivity index (χ0) is 8.10. The average Bonchev–Trinajstić information content (AvgIpc) is 2.06. The number of rotatable bonds is 3. The van der Waals surface area contributed by atoms with Crippen LogP contribution in [-0.4, -0.2) is 6.04 Å². The number of hydrogen-bond acceptors (Lipinski definition) is 2. The van der Waals surface area contributed by atoms with Crippen molar-refractivity contribution in [3.05, 3.63) is 35.9 Å². The van der Waals surface area contributed by atoms with Gasteiger partial charge in [0.15, 0.2) is 0 Å². The van der Waals surface area contributed by atoms with Crippen molar-refractivity contribution in [3.63, 3.8) is 0 Å². The highest BCUT2D eigenvalue weighted by Crippen LogP contribution is 2.01. The Morgan fingerprint density at radius 1 is 1.23 bits per heavy atom. The zero-order valence-corrected chi connectivity index (χ0v) is 9.20. The monoisotopic (exact) mass is 222 g/mol. The van der Waals surface area contributed by atoms with Crippen LogP contribution in [0.2, 0.25) is 0 Å². The molecule has 0 saturated heterocycles. The molecule has 0 saturated carbocycles. The lowest BCUT2D eigenvalue weighted by Gasteiger charge is -2.08. The molecule has 0 aliphatic rings. The fraction of sp³-hybridized carbons (Fsp3) is 0.333. The quantitative estimate of drug-likeness (QED) is 0.607. The van der Waals surface area contributed by atoms with Crippen molar-refractivity contribution in [2.45, 2.75) is 19.4 Å². The summed E-state index contributed by atoms with van der Waals surface area (Å²) in [4.78, 5) is 0. The number of hydrazine groups is 1. The van der Waals surface area contributed by atoms with Crippen molar-refractivity contribution in [2.75, 3.05) is 0 Å². The second-order valence-corrected chi connectivity index (χ2v) is 2.76. The van der Waals surface area contributed by atoms with Gasteiger partial charge >= 0.3 is 0 Å². The molecule has 0 bridgehead atoms. The third-order valence-corrected chi connectivity index (χ3v) is 1.67. The molecule has 3 N–H and O–H groups in total. The van der Waals surface area contributed by atoms with Gasteiger partial charge in [-0.2, -0.15) is 0 Å². The average molecular weight is 223 g/mol. The molecule has 0 aliphatic carbocycles. The van der Waals surface area contributed by atoms with Gasteiger partial charge in [0, 0.05) is 6.04 Å². The van der Waals surface area contributed by atoms with E-state index >= 15 is 0 Å². The van der Waals surface area contributed by atoms with E-state index in [0.29, 0.717) is 6.04 Å². The summed E-state index contributed by atoms with van der Waals surface area (Å²) in [6.07, 6.45) is 0.983. The Morgan fingerprint density at radius 2 is 1.77 bits per heavy atom. The van der Waals surface area contributed by atoms with Gasteiger partial charge in [0.1, 0.15) is 0 Å². The first-order valence-electron chi connectivity index (χ1n) is 3.83. The van der Waals surface area contributed by atoms with E-state index in [1.807, 2.05) is 18.2 Å². The van der Waals surface area contributed by atoms with Crippen LogP contribution in [0.5, 0.6) is 0 Å². The van der Waals surface area contributed by atoms with Crippen molar-refractivity contribution < 1.29 is 0 Å². The summed E-state index contributed by atoms with van der Waals surface area (Å²) in [5, 5.41) is 0. The molecule has 4 heteroatoms. The van der Waals surface area contributed by atoms with Gasteiger partial charge in [-0.25, -0.2) is 0 Å². The fourth-order valence-electron chi connectivity index (χ4n) is 1.03. The first-order chi connectivity index (χ1) is 5.33. The topological polar surface area (TPSA) is 38.0 Å². The highest BCUT2D eigenvalue weighted by atomic mass is 35.5. The van der Waals surface area contributed by atoms with Crippen molar-refractivity contribution in [3.8, 4) is 0 Å². The molecule has 1 aromatic rings. The van der Waals surface area contributed by atoms with Crippen molar-refractivity contribution in [1.29, 1.82) is 0 Å². The summed E-state index contributed by atoms with van der Waals surface area (Å²) in [6.45, 7) is 2.06. The van der Waals surface area contributed by atoms with E-state index in [4.69, 9.17) is 5.84 Å². The largest absolute Gasteiger partial charge is 0.271 e. The van der Waals surface area contributed by atoms with Gasteiger partial charge in [-0.05, 0) is 18.9 Å². The minimum atomic E-state index is 0. The van der Waals surface area contributed by atoms with Crippen LogP contribution in [0.3, 0.4) is 0 Å². The molecule has 2 nitrogen and oxygen atoms in total. The first-order valence-corrected chi connectivity index (χ1v) is 3.83. The number of benzene rings is 1. The molecule has 0 aromatic heterocycles. The molecule has 0 fully saturated rings. The minimum absolute atomic E-state index is 0. The second-order valence-electron chi connectivity index (χ2n) is 2.76. The van der Waals surface area contributed by atoms with E-state index in [2.05, 4.69) is 24.5 Å². The summed E-state index contributed by atoms with van der Waals surface area (Å²) < 4.78 is 0. The number of nitrogens with two attached hydrogens (primary N) is 1. The highest BCUT2D eigenvalue weighted by molar-refractivity contribution is 5.85. The normalized spacial score (nSPS) is 10.9. The third-order valence-electron chi connectivity index (χ3n) is 1.67. The van der Waals surface area contributed by atoms with Gasteiger partial charge in [0.05, 0.1) is 0 Å². The van der Waals surface area contributed by atoms with Crippen LogP contribution >= 0.6 is 24.8 Å². The van der Waals surface area contributed by atoms with E-state index in [1.165, 1.54) is 5.56 Å². The molecule has 0 amide bonds. The molecule has 0 radical (unpaired) electrons. The first kappa shape index (κ1) is 15.2. The third kappa shape index (κ3) is 5.88. The molecule has 1 unspecified atom stereocenters. The lowest BCUT2D eigenvalue weighted by molar-refractivity contribution is 0.568. The Labute approximate surface area is 91.7 Å². The zero-order valence-electron chi connectivity index (χ0n) is 7.57. The van der Waals surface area contributed by atoms with Crippen LogP contribution in [0.4, 0.5) is 0 Å². The maximum absolute atomic E-state index is 5.27. The lowest BCUT2D eigenvalue weighted by atomic mass is 10.1. The molecule has 13 heavy (non-hydrogen) atoms. The maximum atomic E-state index is 5.27. The van der Waals surface area contributed by atoms with E-state index in [1.54, 1.807) is 0 Å². The summed E-state index contributed by atoms with van der Waals surface area (Å²) in [5.74, 6) is 5.27. The number of nitrogens with one attached hydrogen (secondary N) is 1. The molecule has 1 rings (SSSR count). The van der Waals surface area contributed by atoms with Crippen LogP contribution < -0.4 is 11.3 Å². The predicted molar refractivity (Wildman–Crippen MR) is 61.4 cm³/mol. The molecule has 0 spiro atoms. The van der Waals surface area contributed by atoms with Gasteiger partial charge < -0.3 is 0 Å². The molecule has 76 valence electrons. The molecule has 0 aliphatic heterocycles. The Kier molecular flexibility index (Phi) is 9.74. The Bertz CT molecular complexity index is 204. The van der Waals surface area contributed by atoms with Gasteiger partial charge in [0.2, 0.25) is 0 Å². The summed E-state index contributed by atoms with van der Waals surface area (Å²) in [5.41, 5.74) is 4.03. The summed E-state index contributed by atoms with van der Waals surface area (Å²) in [6, 6.07) is 10.7. The van der Waals surface area contributed by atoms with E-state index in [0.717, 1.165) is 6.42 Å². The predicted octanol–water partition coefficient (Wildman–Crippen LogP) is 1.92. The van der Waals surface area contributed by atoms with Crippen molar-refractivity contribution in [2.24, 2.45) is 5.84 Å². The molecule has 1 atom stereocenters. The molecular formula is C9H16Cl2N2. The van der Waals surface area contributed by atoms with Crippen LogP contribution in [0.15, 0.2) is 30.3 Å². The van der Waals surface area contributed by atoms with Crippen LogP contribution in [0, 0.1) is 0 Å². The van der Waals surface area contributed by atoms with Gasteiger partial charge in [0.25, 0.3) is 0 Å². The molecule has 1 aromatic carbocycles. The molecule has 0 heterocycles. The highest BCUT2D eigenvalue weighted by Gasteiger charge is 1.98. The summed E-state index contributed by atoms with van der Waals surface area (Å²) in [7, 11) is 0. The number of hydrogen-bond donors (Lipinski definition) is 2. The molecular weight excluding hydrogens is 207 g/mol. The minimum Gasteiger partial charge on any atom is -0.271 e. The lowest BCUT2D eigenvalue weighted by Crippen LogP contribution is -2.33. The SMILES string of the molecule is CC(Cc1ccccc1)NN.Cl.Cl. The number of halogens is 2. The van der Waals surface area contributed by atoms with Crippen LogP contribution in [0.1, 0.15) is 12.5 Å². The Morgan fingerprint density at radius 3 is 2.23 bits per heavy atom. The summed E-state index contributed by atoms with van der Waals surface area (Å²) >= 11 is 0. The Hall–Kier alpha value is -0.280. The van der Waals surface area contributed by atoms with Crippen molar-refractivity contribution in [1.82, 2.24) is 5.43 Å². The van der Waals surface area contributed by atoms with Crippen LogP contribution in [0.25, 0.3) is 0 Å². The fourth-order valence-corrected chi connectivity index (χ4v) is 1.03. The van der Waals surface area contributed by atoms with Crippen molar-refractivity contribution >= 4 is 24.8 Å². The standard InChI is InChI=1S/C9H14N2.2ClH/c1-8(11-10)7-9-5-3-2-4-6-9;;/h2-6,8,11H,7,10H2,1H3;2*1H. The smallest absolute Gasteiger partial charge is 0.0222 e. The van der Waals surface area contributed by atoms with Gasteiger partial charge in [-0.15, -0.1) is 24.8 Å². The van der Waals surface area contributed by atoms with Gasteiger partial charge in [-0.1, -0.05) is 30.3 Å². The van der Waals surface area contributed by atoms with E-state index in [-0.39, 0.29) is 24.8 Å². The van der Waals surface area contributed by atoms with E-state index < -0.39 is 0 Å². The van der Waals surface area contributed by atoms with Gasteiger partial charge in [-0.3, -0.25) is 11.3 Å². The van der Waals surface area contributed by atoms with E-state index in [9.17, 15) is 0 Å².